The molecule has 1 aliphatic carbocycles. The molecule has 25 heavy (non-hydrogen) atoms. The molecule has 3 rings (SSSR count). The molecule has 1 aliphatic rings. The van der Waals surface area contributed by atoms with E-state index >= 15 is 0 Å². The van der Waals surface area contributed by atoms with E-state index in [9.17, 15) is 4.79 Å². The molecular weight excluding hydrogens is 320 g/mol. The van der Waals surface area contributed by atoms with E-state index in [0.29, 0.717) is 35.0 Å². The molecule has 2 aromatic rings. The Morgan fingerprint density at radius 3 is 2.04 bits per heavy atom. The molecule has 5 nitrogen and oxygen atoms in total. The van der Waals surface area contributed by atoms with Crippen molar-refractivity contribution in [3.8, 4) is 23.0 Å². The number of carbonyl (C=O) groups excluding carboxylic acids is 1. The summed E-state index contributed by atoms with van der Waals surface area (Å²) in [5, 5.41) is 0. The first kappa shape index (κ1) is 16.9. The van der Waals surface area contributed by atoms with Crippen LogP contribution < -0.4 is 18.9 Å². The fourth-order valence-corrected chi connectivity index (χ4v) is 3.00. The molecule has 5 heteroatoms. The van der Waals surface area contributed by atoms with E-state index in [1.54, 1.807) is 34.5 Å². The molecule has 0 fully saturated rings. The smallest absolute Gasteiger partial charge is 0.189 e. The summed E-state index contributed by atoms with van der Waals surface area (Å²) in [6.07, 6.45) is 2.44. The van der Waals surface area contributed by atoms with Crippen LogP contribution in [0.2, 0.25) is 0 Å². The zero-order chi connectivity index (χ0) is 18.0. The van der Waals surface area contributed by atoms with Crippen LogP contribution in [0.1, 0.15) is 21.5 Å². The summed E-state index contributed by atoms with van der Waals surface area (Å²) in [4.78, 5) is 12.7. The molecule has 0 heterocycles. The van der Waals surface area contributed by atoms with Gasteiger partial charge in [-0.25, -0.2) is 0 Å². The van der Waals surface area contributed by atoms with Gasteiger partial charge in [-0.05, 0) is 41.5 Å². The minimum Gasteiger partial charge on any atom is -0.493 e. The fourth-order valence-electron chi connectivity index (χ4n) is 3.00. The minimum atomic E-state index is 0.00531. The summed E-state index contributed by atoms with van der Waals surface area (Å²) in [5.74, 6) is 2.47. The third-order valence-electron chi connectivity index (χ3n) is 4.28. The van der Waals surface area contributed by atoms with Crippen molar-refractivity contribution in [3.63, 3.8) is 0 Å². The first-order valence-electron chi connectivity index (χ1n) is 7.83. The van der Waals surface area contributed by atoms with Crippen molar-refractivity contribution >= 4 is 11.9 Å². The van der Waals surface area contributed by atoms with E-state index in [1.165, 1.54) is 0 Å². The van der Waals surface area contributed by atoms with E-state index in [2.05, 4.69) is 0 Å². The van der Waals surface area contributed by atoms with Gasteiger partial charge in [0.1, 0.15) is 0 Å². The zero-order valence-corrected chi connectivity index (χ0v) is 14.7. The molecule has 0 spiro atoms. The van der Waals surface area contributed by atoms with Crippen LogP contribution in [0.4, 0.5) is 0 Å². The topological polar surface area (TPSA) is 54.0 Å². The Morgan fingerprint density at radius 2 is 1.40 bits per heavy atom. The molecule has 0 aliphatic heterocycles. The number of ketones is 1. The third kappa shape index (κ3) is 3.05. The third-order valence-corrected chi connectivity index (χ3v) is 4.28. The monoisotopic (exact) mass is 340 g/mol. The van der Waals surface area contributed by atoms with Gasteiger partial charge in [-0.1, -0.05) is 6.07 Å². The van der Waals surface area contributed by atoms with Gasteiger partial charge in [0, 0.05) is 17.6 Å². The number of benzene rings is 2. The van der Waals surface area contributed by atoms with Crippen LogP contribution in [-0.4, -0.2) is 34.2 Å². The second-order valence-electron chi connectivity index (χ2n) is 5.65. The van der Waals surface area contributed by atoms with Gasteiger partial charge in [-0.2, -0.15) is 0 Å². The first-order chi connectivity index (χ1) is 12.1. The summed E-state index contributed by atoms with van der Waals surface area (Å²) < 4.78 is 21.2. The number of allylic oxidation sites excluding steroid dienone is 1. The lowest BCUT2D eigenvalue weighted by Crippen LogP contribution is -1.98. The van der Waals surface area contributed by atoms with Crippen LogP contribution in [0, 0.1) is 0 Å². The Labute approximate surface area is 146 Å². The molecule has 0 bridgehead atoms. The van der Waals surface area contributed by atoms with Crippen molar-refractivity contribution in [2.24, 2.45) is 0 Å². The first-order valence-corrected chi connectivity index (χ1v) is 7.83. The lowest BCUT2D eigenvalue weighted by atomic mass is 10.1. The van der Waals surface area contributed by atoms with E-state index < -0.39 is 0 Å². The van der Waals surface area contributed by atoms with Gasteiger partial charge in [0.2, 0.25) is 0 Å². The van der Waals surface area contributed by atoms with E-state index in [4.69, 9.17) is 18.9 Å². The number of methoxy groups -OCH3 is 4. The molecule has 0 saturated carbocycles. The number of ether oxygens (including phenoxy) is 4. The SMILES string of the molecule is COc1ccc(/C=C2\Cc3cc(OC)c(OC)cc3C2=O)cc1OC. The lowest BCUT2D eigenvalue weighted by Gasteiger charge is -2.08. The largest absolute Gasteiger partial charge is 0.493 e. The molecule has 0 radical (unpaired) electrons. The highest BCUT2D eigenvalue weighted by atomic mass is 16.5. The van der Waals surface area contributed by atoms with Crippen LogP contribution >= 0.6 is 0 Å². The Balaban J connectivity index is 1.97. The molecule has 0 aromatic heterocycles. The van der Waals surface area contributed by atoms with E-state index in [1.807, 2.05) is 30.3 Å². The summed E-state index contributed by atoms with van der Waals surface area (Å²) in [6, 6.07) is 9.17. The average Bonchev–Trinajstić information content (AvgIpc) is 2.95. The Hall–Kier alpha value is -2.95. The molecule has 130 valence electrons. The standard InChI is InChI=1S/C20H20O5/c1-22-16-6-5-12(8-17(16)23-2)7-14-9-13-10-18(24-3)19(25-4)11-15(13)20(14)21/h5-8,10-11H,9H2,1-4H3/b14-7+. The molecule has 2 aromatic carbocycles. The molecule has 0 saturated heterocycles. The number of hydrogen-bond donors (Lipinski definition) is 0. The maximum atomic E-state index is 12.7. The van der Waals surface area contributed by atoms with Crippen molar-refractivity contribution in [2.75, 3.05) is 28.4 Å². The fraction of sp³-hybridized carbons (Fsp3) is 0.250. The Morgan fingerprint density at radius 1 is 0.800 bits per heavy atom. The normalized spacial score (nSPS) is 14.4. The van der Waals surface area contributed by atoms with Gasteiger partial charge in [0.15, 0.2) is 28.8 Å². The second kappa shape index (κ2) is 6.89. The van der Waals surface area contributed by atoms with Gasteiger partial charge in [-0.15, -0.1) is 0 Å². The maximum Gasteiger partial charge on any atom is 0.189 e. The van der Waals surface area contributed by atoms with Crippen molar-refractivity contribution in [2.45, 2.75) is 6.42 Å². The van der Waals surface area contributed by atoms with Gasteiger partial charge < -0.3 is 18.9 Å². The van der Waals surface area contributed by atoms with Crippen molar-refractivity contribution in [3.05, 3.63) is 52.6 Å². The van der Waals surface area contributed by atoms with Gasteiger partial charge in [0.05, 0.1) is 28.4 Å². The maximum absolute atomic E-state index is 12.7. The van der Waals surface area contributed by atoms with Crippen LogP contribution in [0.15, 0.2) is 35.9 Å². The van der Waals surface area contributed by atoms with Crippen molar-refractivity contribution < 1.29 is 23.7 Å². The molecule has 0 unspecified atom stereocenters. The number of fused-ring (bicyclic) bond motifs is 1. The molecular formula is C20H20O5. The van der Waals surface area contributed by atoms with Gasteiger partial charge >= 0.3 is 0 Å². The minimum absolute atomic E-state index is 0.00531. The van der Waals surface area contributed by atoms with Gasteiger partial charge in [0.25, 0.3) is 0 Å². The van der Waals surface area contributed by atoms with Crippen LogP contribution in [-0.2, 0) is 6.42 Å². The van der Waals surface area contributed by atoms with Crippen LogP contribution in [0.5, 0.6) is 23.0 Å². The highest BCUT2D eigenvalue weighted by Crippen LogP contribution is 2.37. The van der Waals surface area contributed by atoms with Crippen molar-refractivity contribution in [1.29, 1.82) is 0 Å². The van der Waals surface area contributed by atoms with E-state index in [-0.39, 0.29) is 5.78 Å². The predicted molar refractivity (Wildman–Crippen MR) is 95.1 cm³/mol. The number of carbonyl (C=O) groups is 1. The summed E-state index contributed by atoms with van der Waals surface area (Å²) in [7, 11) is 6.32. The van der Waals surface area contributed by atoms with Crippen LogP contribution in [0.3, 0.4) is 0 Å². The number of hydrogen-bond acceptors (Lipinski definition) is 5. The average molecular weight is 340 g/mol. The summed E-state index contributed by atoms with van der Waals surface area (Å²) in [6.45, 7) is 0. The highest BCUT2D eigenvalue weighted by Gasteiger charge is 2.27. The Kier molecular flexibility index (Phi) is 4.65. The Bertz CT molecular complexity index is 851. The zero-order valence-electron chi connectivity index (χ0n) is 14.7. The molecule has 0 amide bonds. The van der Waals surface area contributed by atoms with Crippen molar-refractivity contribution in [1.82, 2.24) is 0 Å². The highest BCUT2D eigenvalue weighted by molar-refractivity contribution is 6.16. The summed E-state index contributed by atoms with van der Waals surface area (Å²) >= 11 is 0. The van der Waals surface area contributed by atoms with Gasteiger partial charge in [-0.3, -0.25) is 4.79 Å². The summed E-state index contributed by atoms with van der Waals surface area (Å²) in [5.41, 5.74) is 3.20. The van der Waals surface area contributed by atoms with E-state index in [0.717, 1.165) is 16.7 Å². The predicted octanol–water partition coefficient (Wildman–Crippen LogP) is 3.54. The second-order valence-corrected chi connectivity index (χ2v) is 5.65. The molecule has 0 atom stereocenters. The van der Waals surface area contributed by atoms with Crippen LogP contribution in [0.25, 0.3) is 6.08 Å². The number of Topliss-reactive ketones (excluding diaryl/α,β-unsaturated/α-hetero) is 1. The molecule has 0 N–H and O–H groups in total. The quantitative estimate of drug-likeness (QED) is 0.779. The lowest BCUT2D eigenvalue weighted by molar-refractivity contribution is 0.104. The number of rotatable bonds is 5.